The molecule has 92 valence electrons. The first-order chi connectivity index (χ1) is 8.65. The number of nitrogens with zero attached hydrogens (tertiary/aromatic N) is 1. The van der Waals surface area contributed by atoms with Crippen LogP contribution in [0.1, 0.15) is 16.1 Å². The van der Waals surface area contributed by atoms with Crippen LogP contribution in [-0.4, -0.2) is 10.9 Å². The van der Waals surface area contributed by atoms with Crippen LogP contribution in [0, 0.1) is 0 Å². The van der Waals surface area contributed by atoms with Crippen LogP contribution < -0.4 is 5.32 Å². The lowest BCUT2D eigenvalue weighted by Crippen LogP contribution is -2.23. The van der Waals surface area contributed by atoms with Crippen molar-refractivity contribution in [3.8, 4) is 0 Å². The average molecular weight is 281 g/mol. The largest absolute Gasteiger partial charge is 0.347 e. The number of carbonyl (C=O) groups excluding carboxylic acids is 1. The third kappa shape index (κ3) is 3.45. The number of halogens is 2. The predicted molar refractivity (Wildman–Crippen MR) is 71.9 cm³/mol. The molecule has 0 atom stereocenters. The molecule has 1 N–H and O–H groups in total. The summed E-state index contributed by atoms with van der Waals surface area (Å²) in [5.74, 6) is -0.266. The van der Waals surface area contributed by atoms with E-state index in [0.717, 1.165) is 5.56 Å². The Morgan fingerprint density at radius 3 is 2.67 bits per heavy atom. The molecule has 2 aromatic rings. The fourth-order valence-corrected chi connectivity index (χ4v) is 1.82. The number of nitrogens with one attached hydrogen (secondary N) is 1. The summed E-state index contributed by atoms with van der Waals surface area (Å²) in [6.07, 6.45) is 1.50. The first-order valence-electron chi connectivity index (χ1n) is 5.29. The molecule has 0 bridgehead atoms. The average Bonchev–Trinajstić information content (AvgIpc) is 2.36. The van der Waals surface area contributed by atoms with Crippen molar-refractivity contribution in [3.05, 3.63) is 63.9 Å². The van der Waals surface area contributed by atoms with Crippen molar-refractivity contribution in [3.63, 3.8) is 0 Å². The Kier molecular flexibility index (Phi) is 4.18. The third-order valence-electron chi connectivity index (χ3n) is 2.30. The monoisotopic (exact) mass is 280 g/mol. The smallest absolute Gasteiger partial charge is 0.270 e. The van der Waals surface area contributed by atoms with E-state index in [1.54, 1.807) is 18.2 Å². The zero-order valence-corrected chi connectivity index (χ0v) is 10.9. The van der Waals surface area contributed by atoms with E-state index in [1.807, 2.05) is 12.1 Å². The Labute approximate surface area is 115 Å². The van der Waals surface area contributed by atoms with E-state index in [4.69, 9.17) is 23.2 Å². The number of amides is 1. The molecule has 2 rings (SSSR count). The van der Waals surface area contributed by atoms with E-state index in [2.05, 4.69) is 10.3 Å². The van der Waals surface area contributed by atoms with Crippen LogP contribution >= 0.6 is 23.2 Å². The molecule has 1 aromatic heterocycles. The van der Waals surface area contributed by atoms with E-state index in [0.29, 0.717) is 22.3 Å². The van der Waals surface area contributed by atoms with Gasteiger partial charge in [0.2, 0.25) is 0 Å². The minimum atomic E-state index is -0.266. The summed E-state index contributed by atoms with van der Waals surface area (Å²) in [5, 5.41) is 3.88. The highest BCUT2D eigenvalue weighted by atomic mass is 35.5. The minimum absolute atomic E-state index is 0.266. The molecular formula is C13H10Cl2N2O. The van der Waals surface area contributed by atoms with Gasteiger partial charge in [-0.2, -0.15) is 0 Å². The number of pyridine rings is 1. The summed E-state index contributed by atoms with van der Waals surface area (Å²) in [4.78, 5) is 15.7. The lowest BCUT2D eigenvalue weighted by atomic mass is 10.2. The Morgan fingerprint density at radius 1 is 1.17 bits per heavy atom. The van der Waals surface area contributed by atoms with Gasteiger partial charge < -0.3 is 5.32 Å². The molecule has 0 fully saturated rings. The van der Waals surface area contributed by atoms with E-state index < -0.39 is 0 Å². The van der Waals surface area contributed by atoms with Crippen molar-refractivity contribution >= 4 is 29.1 Å². The molecule has 0 aliphatic rings. The summed E-state index contributed by atoms with van der Waals surface area (Å²) in [6, 6.07) is 10.4. The van der Waals surface area contributed by atoms with Gasteiger partial charge in [-0.3, -0.25) is 9.78 Å². The van der Waals surface area contributed by atoms with Crippen LogP contribution in [-0.2, 0) is 6.54 Å². The summed E-state index contributed by atoms with van der Waals surface area (Å²) < 4.78 is 0. The van der Waals surface area contributed by atoms with Crippen LogP contribution in [0.3, 0.4) is 0 Å². The van der Waals surface area contributed by atoms with E-state index in [9.17, 15) is 4.79 Å². The normalized spacial score (nSPS) is 10.1. The fourth-order valence-electron chi connectivity index (χ4n) is 1.45. The second-order valence-corrected chi connectivity index (χ2v) is 4.54. The van der Waals surface area contributed by atoms with Gasteiger partial charge in [0.05, 0.1) is 0 Å². The molecule has 0 radical (unpaired) electrons. The van der Waals surface area contributed by atoms with Gasteiger partial charge in [-0.25, -0.2) is 0 Å². The Balaban J connectivity index is 2.00. The predicted octanol–water partition coefficient (Wildman–Crippen LogP) is 3.32. The van der Waals surface area contributed by atoms with E-state index in [1.165, 1.54) is 12.3 Å². The van der Waals surface area contributed by atoms with Gasteiger partial charge in [-0.1, -0.05) is 35.3 Å². The molecule has 0 unspecified atom stereocenters. The van der Waals surface area contributed by atoms with Crippen LogP contribution in [0.15, 0.2) is 42.6 Å². The molecule has 1 heterocycles. The van der Waals surface area contributed by atoms with Crippen LogP contribution in [0.4, 0.5) is 0 Å². The van der Waals surface area contributed by atoms with Crippen molar-refractivity contribution in [2.75, 3.05) is 0 Å². The maximum absolute atomic E-state index is 11.8. The van der Waals surface area contributed by atoms with Crippen molar-refractivity contribution in [1.29, 1.82) is 0 Å². The molecule has 18 heavy (non-hydrogen) atoms. The Bertz CT molecular complexity index is 572. The highest BCUT2D eigenvalue weighted by molar-refractivity contribution is 6.31. The van der Waals surface area contributed by atoms with Gasteiger partial charge >= 0.3 is 0 Å². The zero-order chi connectivity index (χ0) is 13.0. The molecule has 3 nitrogen and oxygen atoms in total. The van der Waals surface area contributed by atoms with Gasteiger partial charge in [-0.15, -0.1) is 0 Å². The second kappa shape index (κ2) is 5.85. The summed E-state index contributed by atoms with van der Waals surface area (Å²) in [5.41, 5.74) is 1.22. The van der Waals surface area contributed by atoms with Crippen molar-refractivity contribution in [2.45, 2.75) is 6.54 Å². The number of hydrogen-bond donors (Lipinski definition) is 1. The highest BCUT2D eigenvalue weighted by Crippen LogP contribution is 2.11. The van der Waals surface area contributed by atoms with Crippen LogP contribution in [0.25, 0.3) is 0 Å². The van der Waals surface area contributed by atoms with E-state index >= 15 is 0 Å². The molecular weight excluding hydrogens is 271 g/mol. The summed E-state index contributed by atoms with van der Waals surface area (Å²) >= 11 is 11.6. The molecule has 0 aliphatic heterocycles. The number of rotatable bonds is 3. The van der Waals surface area contributed by atoms with Crippen LogP contribution in [0.5, 0.6) is 0 Å². The molecule has 0 spiro atoms. The SMILES string of the molecule is O=C(NCc1cccc(Cl)c1)c1cc(Cl)ccn1. The molecule has 0 aliphatic carbocycles. The van der Waals surface area contributed by atoms with Crippen molar-refractivity contribution in [2.24, 2.45) is 0 Å². The van der Waals surface area contributed by atoms with Gasteiger partial charge in [0.15, 0.2) is 0 Å². The number of carbonyl (C=O) groups is 1. The Morgan fingerprint density at radius 2 is 1.94 bits per heavy atom. The first-order valence-corrected chi connectivity index (χ1v) is 6.05. The summed E-state index contributed by atoms with van der Waals surface area (Å²) in [6.45, 7) is 0.396. The maximum Gasteiger partial charge on any atom is 0.270 e. The standard InChI is InChI=1S/C13H10Cl2N2O/c14-10-3-1-2-9(6-10)8-17-13(18)12-7-11(15)4-5-16-12/h1-7H,8H2,(H,17,18). The number of benzene rings is 1. The lowest BCUT2D eigenvalue weighted by Gasteiger charge is -2.05. The molecule has 0 saturated carbocycles. The Hall–Kier alpha value is -1.58. The van der Waals surface area contributed by atoms with Gasteiger partial charge in [0, 0.05) is 22.8 Å². The topological polar surface area (TPSA) is 42.0 Å². The van der Waals surface area contributed by atoms with Gasteiger partial charge in [0.25, 0.3) is 5.91 Å². The second-order valence-electron chi connectivity index (χ2n) is 3.67. The number of aromatic nitrogens is 1. The molecule has 0 saturated heterocycles. The highest BCUT2D eigenvalue weighted by Gasteiger charge is 2.07. The minimum Gasteiger partial charge on any atom is -0.347 e. The number of hydrogen-bond acceptors (Lipinski definition) is 2. The quantitative estimate of drug-likeness (QED) is 0.937. The van der Waals surface area contributed by atoms with E-state index in [-0.39, 0.29) is 5.91 Å². The van der Waals surface area contributed by atoms with Gasteiger partial charge in [-0.05, 0) is 29.8 Å². The molecule has 1 amide bonds. The molecule has 5 heteroatoms. The lowest BCUT2D eigenvalue weighted by molar-refractivity contribution is 0.0946. The zero-order valence-electron chi connectivity index (χ0n) is 9.36. The first kappa shape index (κ1) is 12.9. The molecule has 1 aromatic carbocycles. The summed E-state index contributed by atoms with van der Waals surface area (Å²) in [7, 11) is 0. The van der Waals surface area contributed by atoms with Crippen LogP contribution in [0.2, 0.25) is 10.0 Å². The van der Waals surface area contributed by atoms with Gasteiger partial charge in [0.1, 0.15) is 5.69 Å². The van der Waals surface area contributed by atoms with Crippen molar-refractivity contribution < 1.29 is 4.79 Å². The fraction of sp³-hybridized carbons (Fsp3) is 0.0769. The maximum atomic E-state index is 11.8. The van der Waals surface area contributed by atoms with Crippen molar-refractivity contribution in [1.82, 2.24) is 10.3 Å². The third-order valence-corrected chi connectivity index (χ3v) is 2.77.